The SMILES string of the molecule is C[C@@H](Sc1nc2ccccc2c(=O)n1-c1ccc(F)cc1F)C(=O)NC1CC1. The molecule has 0 radical (unpaired) electrons. The number of halogens is 2. The molecule has 1 heterocycles. The second-order valence-corrected chi connectivity index (χ2v) is 8.00. The van der Waals surface area contributed by atoms with E-state index in [2.05, 4.69) is 10.3 Å². The van der Waals surface area contributed by atoms with Crippen LogP contribution in [-0.2, 0) is 4.79 Å². The Bertz CT molecular complexity index is 1130. The Kier molecular flexibility index (Phi) is 4.89. The third-order valence-electron chi connectivity index (χ3n) is 4.47. The molecule has 0 bridgehead atoms. The predicted molar refractivity (Wildman–Crippen MR) is 104 cm³/mol. The van der Waals surface area contributed by atoms with Crippen LogP contribution in [0.1, 0.15) is 19.8 Å². The summed E-state index contributed by atoms with van der Waals surface area (Å²) >= 11 is 1.06. The monoisotopic (exact) mass is 401 g/mol. The van der Waals surface area contributed by atoms with Gasteiger partial charge in [0.15, 0.2) is 5.16 Å². The maximum absolute atomic E-state index is 14.5. The molecule has 4 rings (SSSR count). The largest absolute Gasteiger partial charge is 0.352 e. The van der Waals surface area contributed by atoms with Crippen molar-refractivity contribution < 1.29 is 13.6 Å². The molecule has 5 nitrogen and oxygen atoms in total. The highest BCUT2D eigenvalue weighted by Crippen LogP contribution is 2.27. The summed E-state index contributed by atoms with van der Waals surface area (Å²) < 4.78 is 28.9. The summed E-state index contributed by atoms with van der Waals surface area (Å²) in [6.45, 7) is 1.70. The Morgan fingerprint density at radius 3 is 2.71 bits per heavy atom. The molecule has 28 heavy (non-hydrogen) atoms. The average Bonchev–Trinajstić information content (AvgIpc) is 3.47. The number of para-hydroxylation sites is 1. The van der Waals surface area contributed by atoms with Crippen molar-refractivity contribution in [2.75, 3.05) is 0 Å². The van der Waals surface area contributed by atoms with Gasteiger partial charge < -0.3 is 5.32 Å². The minimum absolute atomic E-state index is 0.109. The number of benzene rings is 2. The van der Waals surface area contributed by atoms with E-state index in [4.69, 9.17) is 0 Å². The fraction of sp³-hybridized carbons (Fsp3) is 0.250. The minimum atomic E-state index is -0.879. The molecule has 1 aliphatic rings. The van der Waals surface area contributed by atoms with Crippen LogP contribution in [0.4, 0.5) is 8.78 Å². The van der Waals surface area contributed by atoms with Crippen molar-refractivity contribution in [3.05, 3.63) is 64.5 Å². The van der Waals surface area contributed by atoms with Gasteiger partial charge in [-0.2, -0.15) is 0 Å². The fourth-order valence-corrected chi connectivity index (χ4v) is 3.75. The van der Waals surface area contributed by atoms with Gasteiger partial charge in [-0.1, -0.05) is 23.9 Å². The Balaban J connectivity index is 1.83. The maximum atomic E-state index is 14.5. The summed E-state index contributed by atoms with van der Waals surface area (Å²) in [4.78, 5) is 29.9. The topological polar surface area (TPSA) is 64.0 Å². The molecule has 1 aliphatic carbocycles. The van der Waals surface area contributed by atoms with Crippen LogP contribution in [0.2, 0.25) is 0 Å². The Morgan fingerprint density at radius 2 is 2.00 bits per heavy atom. The highest BCUT2D eigenvalue weighted by molar-refractivity contribution is 8.00. The smallest absolute Gasteiger partial charge is 0.266 e. The van der Waals surface area contributed by atoms with Crippen molar-refractivity contribution in [1.29, 1.82) is 0 Å². The molecule has 1 atom stereocenters. The fourth-order valence-electron chi connectivity index (χ4n) is 2.82. The zero-order chi connectivity index (χ0) is 19.8. The summed E-state index contributed by atoms with van der Waals surface area (Å²) in [5.74, 6) is -1.79. The van der Waals surface area contributed by atoms with Crippen molar-refractivity contribution >= 4 is 28.6 Å². The van der Waals surface area contributed by atoms with Crippen LogP contribution in [0.15, 0.2) is 52.4 Å². The van der Waals surface area contributed by atoms with Crippen LogP contribution in [0.3, 0.4) is 0 Å². The standard InChI is InChI=1S/C20H17F2N3O2S/c1-11(18(26)23-13-7-8-13)28-20-24-16-5-3-2-4-14(16)19(27)25(20)17-9-6-12(21)10-15(17)22/h2-6,9-11,13H,7-8H2,1H3,(H,23,26)/t11-/m1/s1. The molecular formula is C20H17F2N3O2S. The van der Waals surface area contributed by atoms with Gasteiger partial charge in [-0.05, 0) is 44.0 Å². The summed E-state index contributed by atoms with van der Waals surface area (Å²) in [6, 6.07) is 9.91. The minimum Gasteiger partial charge on any atom is -0.352 e. The normalized spacial score (nSPS) is 14.8. The second-order valence-electron chi connectivity index (χ2n) is 6.69. The van der Waals surface area contributed by atoms with E-state index in [1.807, 2.05) is 0 Å². The number of hydrogen-bond acceptors (Lipinski definition) is 4. The lowest BCUT2D eigenvalue weighted by molar-refractivity contribution is -0.120. The van der Waals surface area contributed by atoms with Crippen molar-refractivity contribution in [1.82, 2.24) is 14.9 Å². The molecule has 1 aromatic heterocycles. The van der Waals surface area contributed by atoms with E-state index in [1.54, 1.807) is 31.2 Å². The van der Waals surface area contributed by atoms with Crippen LogP contribution in [-0.4, -0.2) is 26.8 Å². The third kappa shape index (κ3) is 3.64. The first kappa shape index (κ1) is 18.6. The number of nitrogens with one attached hydrogen (secondary N) is 1. The van der Waals surface area contributed by atoms with Gasteiger partial charge in [-0.25, -0.2) is 13.8 Å². The first-order chi connectivity index (χ1) is 13.4. The number of thioether (sulfide) groups is 1. The molecule has 3 aromatic rings. The van der Waals surface area contributed by atoms with Crippen molar-refractivity contribution in [3.8, 4) is 5.69 Å². The van der Waals surface area contributed by atoms with Gasteiger partial charge in [-0.15, -0.1) is 0 Å². The number of aromatic nitrogens is 2. The van der Waals surface area contributed by atoms with Gasteiger partial charge in [0.05, 0.1) is 21.8 Å². The summed E-state index contributed by atoms with van der Waals surface area (Å²) in [5, 5.41) is 2.85. The molecule has 0 saturated heterocycles. The zero-order valence-electron chi connectivity index (χ0n) is 15.0. The molecule has 1 amide bonds. The Hall–Kier alpha value is -2.74. The zero-order valence-corrected chi connectivity index (χ0v) is 15.8. The van der Waals surface area contributed by atoms with Gasteiger partial charge in [0.1, 0.15) is 11.6 Å². The van der Waals surface area contributed by atoms with E-state index in [0.717, 1.165) is 35.2 Å². The quantitative estimate of drug-likeness (QED) is 0.526. The molecule has 1 fully saturated rings. The highest BCUT2D eigenvalue weighted by Gasteiger charge is 2.27. The van der Waals surface area contributed by atoms with Gasteiger partial charge in [0.25, 0.3) is 5.56 Å². The second kappa shape index (κ2) is 7.35. The molecular weight excluding hydrogens is 384 g/mol. The molecule has 0 aliphatic heterocycles. The summed E-state index contributed by atoms with van der Waals surface area (Å²) in [5.41, 5.74) is -0.140. The molecule has 144 valence electrons. The van der Waals surface area contributed by atoms with Gasteiger partial charge in [-0.3, -0.25) is 14.2 Å². The lowest BCUT2D eigenvalue weighted by atomic mass is 10.2. The van der Waals surface area contributed by atoms with Crippen LogP contribution < -0.4 is 10.9 Å². The summed E-state index contributed by atoms with van der Waals surface area (Å²) in [6.07, 6.45) is 1.92. The van der Waals surface area contributed by atoms with Crippen LogP contribution in [0.5, 0.6) is 0 Å². The molecule has 2 aromatic carbocycles. The van der Waals surface area contributed by atoms with Crippen molar-refractivity contribution in [2.45, 2.75) is 36.2 Å². The molecule has 1 saturated carbocycles. The molecule has 1 N–H and O–H groups in total. The number of carbonyl (C=O) groups is 1. The predicted octanol–water partition coefficient (Wildman–Crippen LogP) is 3.42. The summed E-state index contributed by atoms with van der Waals surface area (Å²) in [7, 11) is 0. The third-order valence-corrected chi connectivity index (χ3v) is 5.52. The highest BCUT2D eigenvalue weighted by atomic mass is 32.2. The average molecular weight is 401 g/mol. The molecule has 8 heteroatoms. The Morgan fingerprint density at radius 1 is 1.25 bits per heavy atom. The first-order valence-electron chi connectivity index (χ1n) is 8.88. The lowest BCUT2D eigenvalue weighted by Gasteiger charge is -2.16. The van der Waals surface area contributed by atoms with Crippen molar-refractivity contribution in [2.24, 2.45) is 0 Å². The number of fused-ring (bicyclic) bond motifs is 1. The van der Waals surface area contributed by atoms with Crippen LogP contribution >= 0.6 is 11.8 Å². The first-order valence-corrected chi connectivity index (χ1v) is 9.76. The molecule has 0 unspecified atom stereocenters. The van der Waals surface area contributed by atoms with E-state index < -0.39 is 22.4 Å². The number of nitrogens with zero attached hydrogens (tertiary/aromatic N) is 2. The van der Waals surface area contributed by atoms with Gasteiger partial charge >= 0.3 is 0 Å². The Labute approximate surface area is 163 Å². The number of amides is 1. The van der Waals surface area contributed by atoms with Crippen LogP contribution in [0, 0.1) is 11.6 Å². The van der Waals surface area contributed by atoms with E-state index in [1.165, 1.54) is 6.07 Å². The maximum Gasteiger partial charge on any atom is 0.266 e. The van der Waals surface area contributed by atoms with E-state index in [9.17, 15) is 18.4 Å². The van der Waals surface area contributed by atoms with Gasteiger partial charge in [0, 0.05) is 12.1 Å². The number of rotatable bonds is 5. The molecule has 0 spiro atoms. The van der Waals surface area contributed by atoms with E-state index >= 15 is 0 Å². The van der Waals surface area contributed by atoms with Crippen LogP contribution in [0.25, 0.3) is 16.6 Å². The van der Waals surface area contributed by atoms with E-state index in [0.29, 0.717) is 17.0 Å². The van der Waals surface area contributed by atoms with Crippen molar-refractivity contribution in [3.63, 3.8) is 0 Å². The van der Waals surface area contributed by atoms with Gasteiger partial charge in [0.2, 0.25) is 5.91 Å². The number of carbonyl (C=O) groups excluding carboxylic acids is 1. The van der Waals surface area contributed by atoms with E-state index in [-0.39, 0.29) is 22.8 Å². The lowest BCUT2D eigenvalue weighted by Crippen LogP contribution is -2.33. The number of hydrogen-bond donors (Lipinski definition) is 1.